The molecule has 5 rings (SSSR count). The molecule has 3 aromatic heterocycles. The molecule has 4 heterocycles. The van der Waals surface area contributed by atoms with Crippen molar-refractivity contribution in [1.82, 2.24) is 25.3 Å². The molecule has 0 spiro atoms. The van der Waals surface area contributed by atoms with Crippen molar-refractivity contribution >= 4 is 33.9 Å². The number of nitrogens with zero attached hydrogens (tertiary/aromatic N) is 5. The molecule has 1 saturated heterocycles. The highest BCUT2D eigenvalue weighted by atomic mass is 32.1. The summed E-state index contributed by atoms with van der Waals surface area (Å²) in [5.74, 6) is 1.28. The molecule has 2 aliphatic rings. The number of thiazole rings is 1. The smallest absolute Gasteiger partial charge is 0.228 e. The van der Waals surface area contributed by atoms with E-state index in [1.807, 2.05) is 25.3 Å². The lowest BCUT2D eigenvalue weighted by atomic mass is 10.3. The van der Waals surface area contributed by atoms with Gasteiger partial charge in [-0.2, -0.15) is 0 Å². The number of rotatable bonds is 6. The second-order valence-electron chi connectivity index (χ2n) is 8.44. The molecule has 3 N–H and O–H groups in total. The quantitative estimate of drug-likeness (QED) is 0.515. The van der Waals surface area contributed by atoms with E-state index < -0.39 is 0 Å². The number of aromatic nitrogens is 4. The topological polar surface area (TPSA) is 90.9 Å². The summed E-state index contributed by atoms with van der Waals surface area (Å²) in [6, 6.07) is 6.59. The van der Waals surface area contributed by atoms with Crippen LogP contribution in [-0.2, 0) is 0 Å². The zero-order chi connectivity index (χ0) is 21.8. The van der Waals surface area contributed by atoms with Crippen LogP contribution in [0.4, 0.5) is 22.6 Å². The van der Waals surface area contributed by atoms with Crippen LogP contribution >= 0.6 is 11.3 Å². The Bertz CT molecular complexity index is 1020. The van der Waals surface area contributed by atoms with E-state index in [1.165, 1.54) is 25.7 Å². The van der Waals surface area contributed by atoms with Gasteiger partial charge in [0, 0.05) is 31.9 Å². The highest BCUT2D eigenvalue weighted by Crippen LogP contribution is 2.33. The van der Waals surface area contributed by atoms with Gasteiger partial charge in [-0.25, -0.2) is 19.9 Å². The Morgan fingerprint density at radius 1 is 1.03 bits per heavy atom. The van der Waals surface area contributed by atoms with Gasteiger partial charge in [-0.3, -0.25) is 0 Å². The highest BCUT2D eigenvalue weighted by molar-refractivity contribution is 7.19. The standard InChI is InChI=1S/C23H30N8S/c1-16-21(32-23(27-16)28-17-5-2-3-6-17)19-9-11-25-22(29-19)30-20-8-7-18(15-26-20)31-13-4-10-24-12-14-31/h7-9,11,15,17,24H,2-6,10,12-14H2,1H3,(H,27,28)(H,25,26,29,30). The third kappa shape index (κ3) is 4.99. The first-order valence-corrected chi connectivity index (χ1v) is 12.3. The molecule has 32 heavy (non-hydrogen) atoms. The normalized spacial score (nSPS) is 17.3. The molecule has 168 valence electrons. The van der Waals surface area contributed by atoms with E-state index in [-0.39, 0.29) is 0 Å². The molecule has 0 radical (unpaired) electrons. The van der Waals surface area contributed by atoms with Crippen LogP contribution in [-0.4, -0.2) is 52.2 Å². The van der Waals surface area contributed by atoms with Crippen molar-refractivity contribution in [2.75, 3.05) is 41.7 Å². The van der Waals surface area contributed by atoms with Gasteiger partial charge in [0.2, 0.25) is 5.95 Å². The average molecular weight is 451 g/mol. The van der Waals surface area contributed by atoms with Crippen LogP contribution in [0.5, 0.6) is 0 Å². The summed E-state index contributed by atoms with van der Waals surface area (Å²) in [4.78, 5) is 21.9. The number of aryl methyl sites for hydroxylation is 1. The van der Waals surface area contributed by atoms with Gasteiger partial charge in [0.15, 0.2) is 5.13 Å². The molecular weight excluding hydrogens is 420 g/mol. The summed E-state index contributed by atoms with van der Waals surface area (Å²) in [5.41, 5.74) is 3.02. The minimum atomic E-state index is 0.542. The predicted octanol–water partition coefficient (Wildman–Crippen LogP) is 4.20. The number of hydrogen-bond acceptors (Lipinski definition) is 9. The molecule has 0 bridgehead atoms. The maximum Gasteiger partial charge on any atom is 0.228 e. The van der Waals surface area contributed by atoms with Gasteiger partial charge >= 0.3 is 0 Å². The molecule has 1 aliphatic heterocycles. The van der Waals surface area contributed by atoms with Gasteiger partial charge < -0.3 is 20.9 Å². The largest absolute Gasteiger partial charge is 0.369 e. The van der Waals surface area contributed by atoms with Crippen LogP contribution in [0.2, 0.25) is 0 Å². The number of anilines is 4. The molecule has 1 saturated carbocycles. The van der Waals surface area contributed by atoms with E-state index in [0.29, 0.717) is 12.0 Å². The van der Waals surface area contributed by atoms with Crippen LogP contribution in [0, 0.1) is 6.92 Å². The van der Waals surface area contributed by atoms with Crippen LogP contribution in [0.25, 0.3) is 10.6 Å². The lowest BCUT2D eigenvalue weighted by molar-refractivity contribution is 0.724. The number of hydrogen-bond donors (Lipinski definition) is 3. The van der Waals surface area contributed by atoms with E-state index in [1.54, 1.807) is 17.5 Å². The Labute approximate surface area is 192 Å². The van der Waals surface area contributed by atoms with E-state index in [0.717, 1.165) is 65.5 Å². The van der Waals surface area contributed by atoms with Gasteiger partial charge in [0.1, 0.15) is 5.82 Å². The first kappa shape index (κ1) is 21.1. The Morgan fingerprint density at radius 3 is 2.78 bits per heavy atom. The summed E-state index contributed by atoms with van der Waals surface area (Å²) in [6.45, 7) is 6.19. The first-order valence-electron chi connectivity index (χ1n) is 11.5. The monoisotopic (exact) mass is 450 g/mol. The molecule has 0 aromatic carbocycles. The van der Waals surface area contributed by atoms with Crippen molar-refractivity contribution in [2.45, 2.75) is 45.1 Å². The molecule has 1 aliphatic carbocycles. The van der Waals surface area contributed by atoms with Gasteiger partial charge in [0.05, 0.1) is 28.1 Å². The van der Waals surface area contributed by atoms with Crippen LogP contribution in [0.1, 0.15) is 37.8 Å². The highest BCUT2D eigenvalue weighted by Gasteiger charge is 2.18. The molecule has 8 nitrogen and oxygen atoms in total. The average Bonchev–Trinajstić information content (AvgIpc) is 3.36. The van der Waals surface area contributed by atoms with Crippen molar-refractivity contribution in [1.29, 1.82) is 0 Å². The molecule has 0 atom stereocenters. The van der Waals surface area contributed by atoms with E-state index in [2.05, 4.69) is 36.9 Å². The maximum absolute atomic E-state index is 4.73. The van der Waals surface area contributed by atoms with Gasteiger partial charge in [-0.05, 0) is 50.9 Å². The van der Waals surface area contributed by atoms with Gasteiger partial charge in [-0.1, -0.05) is 24.2 Å². The number of pyridine rings is 1. The Hall–Kier alpha value is -2.78. The van der Waals surface area contributed by atoms with Crippen LogP contribution < -0.4 is 20.9 Å². The lowest BCUT2D eigenvalue weighted by Crippen LogP contribution is -2.27. The fourth-order valence-corrected chi connectivity index (χ4v) is 5.36. The van der Waals surface area contributed by atoms with E-state index in [4.69, 9.17) is 9.97 Å². The Kier molecular flexibility index (Phi) is 6.45. The second kappa shape index (κ2) is 9.79. The summed E-state index contributed by atoms with van der Waals surface area (Å²) in [7, 11) is 0. The fourth-order valence-electron chi connectivity index (χ4n) is 4.35. The Morgan fingerprint density at radius 2 is 1.94 bits per heavy atom. The zero-order valence-electron chi connectivity index (χ0n) is 18.5. The van der Waals surface area contributed by atoms with Crippen molar-refractivity contribution < 1.29 is 0 Å². The summed E-state index contributed by atoms with van der Waals surface area (Å²) in [6.07, 6.45) is 9.93. The molecule has 2 fully saturated rings. The molecule has 0 unspecified atom stereocenters. The first-order chi connectivity index (χ1) is 15.7. The fraction of sp³-hybridized carbons (Fsp3) is 0.478. The van der Waals surface area contributed by atoms with Crippen molar-refractivity contribution in [3.8, 4) is 10.6 Å². The minimum absolute atomic E-state index is 0.542. The second-order valence-corrected chi connectivity index (χ2v) is 9.44. The Balaban J connectivity index is 1.27. The van der Waals surface area contributed by atoms with Crippen molar-refractivity contribution in [3.05, 3.63) is 36.3 Å². The lowest BCUT2D eigenvalue weighted by Gasteiger charge is -2.21. The summed E-state index contributed by atoms with van der Waals surface area (Å²) >= 11 is 1.67. The van der Waals surface area contributed by atoms with E-state index in [9.17, 15) is 0 Å². The third-order valence-electron chi connectivity index (χ3n) is 6.06. The minimum Gasteiger partial charge on any atom is -0.369 e. The van der Waals surface area contributed by atoms with Crippen LogP contribution in [0.3, 0.4) is 0 Å². The molecule has 0 amide bonds. The zero-order valence-corrected chi connectivity index (χ0v) is 19.3. The number of nitrogens with one attached hydrogen (secondary N) is 3. The predicted molar refractivity (Wildman–Crippen MR) is 131 cm³/mol. The molecule has 3 aromatic rings. The van der Waals surface area contributed by atoms with Crippen molar-refractivity contribution in [3.63, 3.8) is 0 Å². The SMILES string of the molecule is Cc1nc(NC2CCCC2)sc1-c1ccnc(Nc2ccc(N3CCCNCC3)cn2)n1. The van der Waals surface area contributed by atoms with Crippen molar-refractivity contribution in [2.24, 2.45) is 0 Å². The van der Waals surface area contributed by atoms with Gasteiger partial charge in [0.25, 0.3) is 0 Å². The third-order valence-corrected chi connectivity index (χ3v) is 7.17. The van der Waals surface area contributed by atoms with E-state index >= 15 is 0 Å². The van der Waals surface area contributed by atoms with Gasteiger partial charge in [-0.15, -0.1) is 0 Å². The summed E-state index contributed by atoms with van der Waals surface area (Å²) in [5, 5.41) is 11.3. The maximum atomic E-state index is 4.73. The summed E-state index contributed by atoms with van der Waals surface area (Å²) < 4.78 is 0. The molecule has 9 heteroatoms. The van der Waals surface area contributed by atoms with Crippen LogP contribution in [0.15, 0.2) is 30.6 Å². The molecular formula is C23H30N8S.